The van der Waals surface area contributed by atoms with Crippen LogP contribution in [0.25, 0.3) is 0 Å². The largest absolute Gasteiger partial charge is 0.353 e. The Kier molecular flexibility index (Phi) is 5.21. The van der Waals surface area contributed by atoms with Gasteiger partial charge in [-0.05, 0) is 18.2 Å². The van der Waals surface area contributed by atoms with Crippen LogP contribution in [-0.2, 0) is 18.7 Å². The second kappa shape index (κ2) is 7.75. The number of aromatic nitrogens is 4. The summed E-state index contributed by atoms with van der Waals surface area (Å²) in [6.07, 6.45) is 4.45. The summed E-state index contributed by atoms with van der Waals surface area (Å²) in [5.74, 6) is 3.00. The van der Waals surface area contributed by atoms with E-state index in [0.717, 1.165) is 73.4 Å². The van der Waals surface area contributed by atoms with Crippen LogP contribution in [0.2, 0.25) is 0 Å². The lowest BCUT2D eigenvalue weighted by atomic mass is 10.2. The lowest BCUT2D eigenvalue weighted by Gasteiger charge is -2.35. The van der Waals surface area contributed by atoms with Crippen LogP contribution in [0.4, 0.5) is 5.82 Å². The third-order valence-corrected chi connectivity index (χ3v) is 6.07. The van der Waals surface area contributed by atoms with Crippen molar-refractivity contribution in [1.29, 1.82) is 0 Å². The van der Waals surface area contributed by atoms with E-state index in [-0.39, 0.29) is 5.56 Å². The number of hydrogen-bond donors (Lipinski definition) is 0. The minimum Gasteiger partial charge on any atom is -0.353 e. The van der Waals surface area contributed by atoms with Crippen molar-refractivity contribution < 1.29 is 0 Å². The lowest BCUT2D eigenvalue weighted by Crippen LogP contribution is -2.48. The van der Waals surface area contributed by atoms with E-state index in [2.05, 4.69) is 24.9 Å². The predicted molar refractivity (Wildman–Crippen MR) is 104 cm³/mol. The van der Waals surface area contributed by atoms with E-state index in [1.807, 2.05) is 18.7 Å². The molecule has 0 radical (unpaired) electrons. The van der Waals surface area contributed by atoms with Crippen molar-refractivity contribution in [2.45, 2.75) is 25.6 Å². The maximum Gasteiger partial charge on any atom is 0.267 e. The summed E-state index contributed by atoms with van der Waals surface area (Å²) < 4.78 is 1.65. The van der Waals surface area contributed by atoms with Gasteiger partial charge in [0.25, 0.3) is 5.56 Å². The van der Waals surface area contributed by atoms with Crippen LogP contribution >= 0.6 is 11.8 Å². The first-order valence-corrected chi connectivity index (χ1v) is 10.3. The molecule has 0 amide bonds. The maximum atomic E-state index is 12.3. The van der Waals surface area contributed by atoms with Gasteiger partial charge in [-0.15, -0.1) is 0 Å². The molecule has 0 atom stereocenters. The van der Waals surface area contributed by atoms with Crippen LogP contribution in [0, 0.1) is 6.92 Å². The quantitative estimate of drug-likeness (QED) is 0.792. The van der Waals surface area contributed by atoms with Crippen molar-refractivity contribution >= 4 is 17.6 Å². The van der Waals surface area contributed by atoms with Crippen molar-refractivity contribution in [2.24, 2.45) is 0 Å². The highest BCUT2D eigenvalue weighted by molar-refractivity contribution is 7.98. The van der Waals surface area contributed by atoms with E-state index in [0.29, 0.717) is 6.54 Å². The molecule has 0 bridgehead atoms. The van der Waals surface area contributed by atoms with Gasteiger partial charge in [0.1, 0.15) is 5.82 Å². The number of thioether (sulfide) groups is 1. The summed E-state index contributed by atoms with van der Waals surface area (Å²) in [5.41, 5.74) is 3.23. The summed E-state index contributed by atoms with van der Waals surface area (Å²) in [5, 5.41) is 4.61. The van der Waals surface area contributed by atoms with Gasteiger partial charge in [-0.1, -0.05) is 0 Å². The Morgan fingerprint density at radius 3 is 2.73 bits per heavy atom. The van der Waals surface area contributed by atoms with Crippen molar-refractivity contribution in [1.82, 2.24) is 24.6 Å². The molecule has 8 heteroatoms. The van der Waals surface area contributed by atoms with Crippen LogP contribution in [0.15, 0.2) is 23.3 Å². The van der Waals surface area contributed by atoms with Crippen LogP contribution in [0.5, 0.6) is 0 Å². The van der Waals surface area contributed by atoms with Gasteiger partial charge in [0.15, 0.2) is 0 Å². The molecule has 4 heterocycles. The third kappa shape index (κ3) is 3.76. The van der Waals surface area contributed by atoms with E-state index < -0.39 is 0 Å². The summed E-state index contributed by atoms with van der Waals surface area (Å²) in [4.78, 5) is 25.8. The summed E-state index contributed by atoms with van der Waals surface area (Å²) in [7, 11) is 0. The van der Waals surface area contributed by atoms with Gasteiger partial charge >= 0.3 is 0 Å². The number of nitrogens with zero attached hydrogens (tertiary/aromatic N) is 6. The summed E-state index contributed by atoms with van der Waals surface area (Å²) >= 11 is 1.88. The molecule has 2 aliphatic rings. The van der Waals surface area contributed by atoms with Crippen LogP contribution in [-0.4, -0.2) is 63.1 Å². The molecule has 4 rings (SSSR count). The van der Waals surface area contributed by atoms with Gasteiger partial charge in [0, 0.05) is 63.4 Å². The highest BCUT2D eigenvalue weighted by atomic mass is 32.2. The second-order valence-electron chi connectivity index (χ2n) is 6.77. The van der Waals surface area contributed by atoms with Gasteiger partial charge in [-0.25, -0.2) is 9.67 Å². The second-order valence-corrected chi connectivity index (χ2v) is 7.88. The average Bonchev–Trinajstić information content (AvgIpc) is 2.67. The molecule has 0 unspecified atom stereocenters. The third-order valence-electron chi connectivity index (χ3n) is 5.06. The van der Waals surface area contributed by atoms with E-state index in [4.69, 9.17) is 0 Å². The Bertz CT molecular complexity index is 831. The molecule has 2 aromatic heterocycles. The standard InChI is InChI=1S/C18H24N6OS/c1-14-18(20-4-3-19-14)23-8-5-22(6-9-23)7-10-24-17(25)12-15-13-26-11-2-16(15)21-24/h3-4,12H,2,5-11,13H2,1H3. The fourth-order valence-corrected chi connectivity index (χ4v) is 4.49. The molecule has 0 N–H and O–H groups in total. The number of anilines is 1. The molecule has 0 aromatic carbocycles. The molecule has 138 valence electrons. The molecule has 0 saturated carbocycles. The smallest absolute Gasteiger partial charge is 0.267 e. The van der Waals surface area contributed by atoms with E-state index in [1.165, 1.54) is 0 Å². The molecular formula is C18H24N6OS. The zero-order chi connectivity index (χ0) is 17.9. The Balaban J connectivity index is 1.34. The number of fused-ring (bicyclic) bond motifs is 1. The molecule has 1 saturated heterocycles. The molecule has 0 spiro atoms. The average molecular weight is 372 g/mol. The maximum absolute atomic E-state index is 12.3. The van der Waals surface area contributed by atoms with Gasteiger partial charge in [0.2, 0.25) is 0 Å². The van der Waals surface area contributed by atoms with Gasteiger partial charge in [0.05, 0.1) is 17.9 Å². The van der Waals surface area contributed by atoms with Gasteiger partial charge in [-0.2, -0.15) is 16.9 Å². The number of piperazine rings is 1. The molecule has 2 aromatic rings. The normalized spacial score (nSPS) is 18.0. The molecule has 7 nitrogen and oxygen atoms in total. The first kappa shape index (κ1) is 17.5. The lowest BCUT2D eigenvalue weighted by molar-refractivity contribution is 0.241. The molecule has 1 fully saturated rings. The number of aryl methyl sites for hydroxylation is 2. The van der Waals surface area contributed by atoms with E-state index in [1.54, 1.807) is 23.1 Å². The SMILES string of the molecule is Cc1nccnc1N1CCN(CCn2nc3c(cc2=O)CSCC3)CC1. The van der Waals surface area contributed by atoms with Crippen molar-refractivity contribution in [3.63, 3.8) is 0 Å². The number of hydrogen-bond acceptors (Lipinski definition) is 7. The summed E-state index contributed by atoms with van der Waals surface area (Å²) in [6, 6.07) is 1.78. The minimum atomic E-state index is 0.0278. The Morgan fingerprint density at radius 2 is 1.92 bits per heavy atom. The molecule has 0 aliphatic carbocycles. The highest BCUT2D eigenvalue weighted by Crippen LogP contribution is 2.21. The van der Waals surface area contributed by atoms with Crippen molar-refractivity contribution in [3.8, 4) is 0 Å². The first-order valence-electron chi connectivity index (χ1n) is 9.13. The fraction of sp³-hybridized carbons (Fsp3) is 0.556. The molecule has 2 aliphatic heterocycles. The molecular weight excluding hydrogens is 348 g/mol. The number of rotatable bonds is 4. The Morgan fingerprint density at radius 1 is 1.12 bits per heavy atom. The topological polar surface area (TPSA) is 67.2 Å². The van der Waals surface area contributed by atoms with Crippen LogP contribution < -0.4 is 10.5 Å². The Labute approximate surface area is 157 Å². The fourth-order valence-electron chi connectivity index (χ4n) is 3.54. The summed E-state index contributed by atoms with van der Waals surface area (Å²) in [6.45, 7) is 7.31. The molecule has 26 heavy (non-hydrogen) atoms. The first-order chi connectivity index (χ1) is 12.7. The van der Waals surface area contributed by atoms with Crippen LogP contribution in [0.3, 0.4) is 0 Å². The zero-order valence-electron chi connectivity index (χ0n) is 15.1. The van der Waals surface area contributed by atoms with Crippen molar-refractivity contribution in [3.05, 3.63) is 45.8 Å². The zero-order valence-corrected chi connectivity index (χ0v) is 15.9. The monoisotopic (exact) mass is 372 g/mol. The van der Waals surface area contributed by atoms with Gasteiger partial charge < -0.3 is 4.90 Å². The van der Waals surface area contributed by atoms with E-state index in [9.17, 15) is 4.79 Å². The predicted octanol–water partition coefficient (Wildman–Crippen LogP) is 0.953. The minimum absolute atomic E-state index is 0.0278. The van der Waals surface area contributed by atoms with Gasteiger partial charge in [-0.3, -0.25) is 14.7 Å². The highest BCUT2D eigenvalue weighted by Gasteiger charge is 2.20. The van der Waals surface area contributed by atoms with E-state index >= 15 is 0 Å². The van der Waals surface area contributed by atoms with Crippen LogP contribution in [0.1, 0.15) is 17.0 Å². The van der Waals surface area contributed by atoms with Crippen molar-refractivity contribution in [2.75, 3.05) is 43.4 Å². The Hall–Kier alpha value is -1.93.